The van der Waals surface area contributed by atoms with E-state index in [0.29, 0.717) is 16.5 Å². The molecule has 1 aliphatic rings. The Hall–Kier alpha value is -0.615. The van der Waals surface area contributed by atoms with Gasteiger partial charge < -0.3 is 15.0 Å². The van der Waals surface area contributed by atoms with Crippen molar-refractivity contribution >= 4 is 43.1 Å². The van der Waals surface area contributed by atoms with E-state index in [2.05, 4.69) is 12.6 Å². The summed E-state index contributed by atoms with van der Waals surface area (Å²) in [5, 5.41) is 0.603. The van der Waals surface area contributed by atoms with Crippen molar-refractivity contribution in [2.75, 3.05) is 11.5 Å². The number of nitrogen functional groups attached to an aromatic ring is 1. The number of hydrogen-bond acceptors (Lipinski definition) is 4. The SMILES string of the molecule is CC1(C)OB(C(=Cc2ccc(N)cc2Cl)CS)OC1(C)C. The lowest BCUT2D eigenvalue weighted by molar-refractivity contribution is 0.00578. The fourth-order valence-corrected chi connectivity index (χ4v) is 2.53. The summed E-state index contributed by atoms with van der Waals surface area (Å²) < 4.78 is 12.1. The van der Waals surface area contributed by atoms with E-state index in [1.165, 1.54) is 0 Å². The van der Waals surface area contributed by atoms with Crippen LogP contribution in [-0.2, 0) is 9.31 Å². The van der Waals surface area contributed by atoms with Crippen LogP contribution in [0.5, 0.6) is 0 Å². The highest BCUT2D eigenvalue weighted by molar-refractivity contribution is 7.80. The van der Waals surface area contributed by atoms with Crippen molar-refractivity contribution < 1.29 is 9.31 Å². The zero-order valence-corrected chi connectivity index (χ0v) is 14.5. The van der Waals surface area contributed by atoms with E-state index in [1.807, 2.05) is 45.9 Å². The molecule has 0 spiro atoms. The van der Waals surface area contributed by atoms with Crippen molar-refractivity contribution in [3.63, 3.8) is 0 Å². The first-order chi connectivity index (χ1) is 9.66. The summed E-state index contributed by atoms with van der Waals surface area (Å²) in [7, 11) is -0.416. The molecule has 21 heavy (non-hydrogen) atoms. The minimum absolute atomic E-state index is 0.370. The second-order valence-electron chi connectivity index (χ2n) is 6.25. The quantitative estimate of drug-likeness (QED) is 0.504. The van der Waals surface area contributed by atoms with Crippen LogP contribution in [0.4, 0.5) is 5.69 Å². The van der Waals surface area contributed by atoms with Crippen LogP contribution >= 0.6 is 24.2 Å². The van der Waals surface area contributed by atoms with Crippen LogP contribution in [0, 0.1) is 0 Å². The Labute approximate surface area is 137 Å². The van der Waals surface area contributed by atoms with Gasteiger partial charge in [-0.15, -0.1) is 0 Å². The first-order valence-corrected chi connectivity index (χ1v) is 7.89. The molecule has 1 heterocycles. The maximum absolute atomic E-state index is 6.22. The Kier molecular flexibility index (Phi) is 4.69. The van der Waals surface area contributed by atoms with Gasteiger partial charge >= 0.3 is 7.12 Å². The van der Waals surface area contributed by atoms with Gasteiger partial charge in [0.25, 0.3) is 0 Å². The summed E-state index contributed by atoms with van der Waals surface area (Å²) in [5.74, 6) is 0.525. The number of halogens is 1. The lowest BCUT2D eigenvalue weighted by atomic mass is 9.78. The molecule has 114 valence electrons. The fraction of sp³-hybridized carbons (Fsp3) is 0.467. The number of hydrogen-bond donors (Lipinski definition) is 2. The van der Waals surface area contributed by atoms with Gasteiger partial charge in [0.1, 0.15) is 0 Å². The number of benzene rings is 1. The van der Waals surface area contributed by atoms with E-state index >= 15 is 0 Å². The summed E-state index contributed by atoms with van der Waals surface area (Å²) in [6.45, 7) is 8.11. The summed E-state index contributed by atoms with van der Waals surface area (Å²) in [5.41, 5.74) is 7.43. The maximum Gasteiger partial charge on any atom is 0.491 e. The van der Waals surface area contributed by atoms with Gasteiger partial charge in [-0.3, -0.25) is 0 Å². The number of thiol groups is 1. The predicted molar refractivity (Wildman–Crippen MR) is 93.8 cm³/mol. The Morgan fingerprint density at radius 3 is 2.33 bits per heavy atom. The third kappa shape index (κ3) is 3.42. The molecule has 0 aromatic heterocycles. The molecular formula is C15H21BClNO2S. The molecule has 0 bridgehead atoms. The maximum atomic E-state index is 6.22. The molecule has 6 heteroatoms. The standard InChI is InChI=1S/C15H21BClNO2S/c1-14(2)15(3,4)20-16(19-14)11(9-21)7-10-5-6-12(18)8-13(10)17/h5-8,21H,9,18H2,1-4H3. The highest BCUT2D eigenvalue weighted by atomic mass is 35.5. The van der Waals surface area contributed by atoms with Gasteiger partial charge in [0.2, 0.25) is 0 Å². The molecule has 0 saturated carbocycles. The first-order valence-electron chi connectivity index (χ1n) is 6.88. The van der Waals surface area contributed by atoms with E-state index in [4.69, 9.17) is 26.6 Å². The second kappa shape index (κ2) is 5.88. The Morgan fingerprint density at radius 1 is 1.29 bits per heavy atom. The third-order valence-corrected chi connectivity index (χ3v) is 4.80. The Morgan fingerprint density at radius 2 is 1.86 bits per heavy atom. The molecule has 1 fully saturated rings. The van der Waals surface area contributed by atoms with Crippen molar-refractivity contribution in [3.05, 3.63) is 34.3 Å². The molecule has 0 atom stereocenters. The highest BCUT2D eigenvalue weighted by Gasteiger charge is 2.52. The molecular weight excluding hydrogens is 305 g/mol. The minimum atomic E-state index is -0.416. The van der Waals surface area contributed by atoms with Crippen molar-refractivity contribution in [1.82, 2.24) is 0 Å². The van der Waals surface area contributed by atoms with Gasteiger partial charge in [0.05, 0.1) is 11.2 Å². The van der Waals surface area contributed by atoms with E-state index in [9.17, 15) is 0 Å². The van der Waals surface area contributed by atoms with Gasteiger partial charge in [0, 0.05) is 16.5 Å². The van der Waals surface area contributed by atoms with E-state index < -0.39 is 7.12 Å². The van der Waals surface area contributed by atoms with Crippen LogP contribution in [0.25, 0.3) is 6.08 Å². The van der Waals surface area contributed by atoms with Crippen LogP contribution in [0.15, 0.2) is 23.7 Å². The molecule has 0 amide bonds. The molecule has 0 aliphatic carbocycles. The van der Waals surface area contributed by atoms with E-state index in [-0.39, 0.29) is 11.2 Å². The zero-order valence-electron chi connectivity index (χ0n) is 12.8. The first kappa shape index (κ1) is 16.8. The summed E-state index contributed by atoms with van der Waals surface area (Å²) in [6, 6.07) is 5.43. The van der Waals surface area contributed by atoms with Gasteiger partial charge in [-0.1, -0.05) is 23.7 Å². The molecule has 0 unspecified atom stereocenters. The minimum Gasteiger partial charge on any atom is -0.400 e. The van der Waals surface area contributed by atoms with Crippen molar-refractivity contribution in [2.45, 2.75) is 38.9 Å². The van der Waals surface area contributed by atoms with Gasteiger partial charge in [-0.05, 0) is 50.9 Å². The fourth-order valence-electron chi connectivity index (χ4n) is 2.04. The predicted octanol–water partition coefficient (Wildman–Crippen LogP) is 3.87. The summed E-state index contributed by atoms with van der Waals surface area (Å²) in [4.78, 5) is 0. The second-order valence-corrected chi connectivity index (χ2v) is 6.97. The largest absolute Gasteiger partial charge is 0.491 e. The number of rotatable bonds is 3. The smallest absolute Gasteiger partial charge is 0.400 e. The molecule has 1 aliphatic heterocycles. The molecule has 1 aromatic rings. The van der Waals surface area contributed by atoms with Gasteiger partial charge in [0.15, 0.2) is 0 Å². The van der Waals surface area contributed by atoms with Crippen molar-refractivity contribution in [2.24, 2.45) is 0 Å². The van der Waals surface area contributed by atoms with Crippen LogP contribution in [-0.4, -0.2) is 24.1 Å². The monoisotopic (exact) mass is 325 g/mol. The molecule has 1 saturated heterocycles. The molecule has 1 aromatic carbocycles. The van der Waals surface area contributed by atoms with Crippen molar-refractivity contribution in [1.29, 1.82) is 0 Å². The molecule has 0 radical (unpaired) electrons. The summed E-state index contributed by atoms with van der Waals surface area (Å²) in [6.07, 6.45) is 1.96. The van der Waals surface area contributed by atoms with Gasteiger partial charge in [-0.2, -0.15) is 12.6 Å². The normalized spacial score (nSPS) is 20.9. The Balaban J connectivity index is 2.31. The summed E-state index contributed by atoms with van der Waals surface area (Å²) >= 11 is 10.6. The van der Waals surface area contributed by atoms with Crippen LogP contribution < -0.4 is 5.73 Å². The molecule has 2 N–H and O–H groups in total. The average Bonchev–Trinajstić information content (AvgIpc) is 2.57. The molecule has 2 rings (SSSR count). The number of nitrogens with two attached hydrogens (primary N) is 1. The van der Waals surface area contributed by atoms with Crippen LogP contribution in [0.3, 0.4) is 0 Å². The third-order valence-electron chi connectivity index (χ3n) is 4.10. The topological polar surface area (TPSA) is 44.5 Å². The zero-order chi connectivity index (χ0) is 15.8. The van der Waals surface area contributed by atoms with Gasteiger partial charge in [-0.25, -0.2) is 0 Å². The lowest BCUT2D eigenvalue weighted by Gasteiger charge is -2.32. The highest BCUT2D eigenvalue weighted by Crippen LogP contribution is 2.39. The Bertz CT molecular complexity index is 559. The number of anilines is 1. The van der Waals surface area contributed by atoms with Crippen molar-refractivity contribution in [3.8, 4) is 0 Å². The average molecular weight is 326 g/mol. The molecule has 3 nitrogen and oxygen atoms in total. The van der Waals surface area contributed by atoms with E-state index in [0.717, 1.165) is 11.0 Å². The van der Waals surface area contributed by atoms with Crippen LogP contribution in [0.2, 0.25) is 5.02 Å². The lowest BCUT2D eigenvalue weighted by Crippen LogP contribution is -2.41. The van der Waals surface area contributed by atoms with E-state index in [1.54, 1.807) is 6.07 Å². The van der Waals surface area contributed by atoms with Crippen LogP contribution in [0.1, 0.15) is 33.3 Å².